The molecule has 3 heterocycles. The second-order valence-electron chi connectivity index (χ2n) is 9.10. The van der Waals surface area contributed by atoms with E-state index in [0.29, 0.717) is 18.1 Å². The number of piperazine rings is 1. The molecule has 0 radical (unpaired) electrons. The first kappa shape index (κ1) is 19.1. The molecule has 27 heavy (non-hydrogen) atoms. The molecular weight excluding hydrogens is 334 g/mol. The fourth-order valence-electron chi connectivity index (χ4n) is 5.38. The molecule has 0 spiro atoms. The maximum absolute atomic E-state index is 4.80. The van der Waals surface area contributed by atoms with E-state index in [1.807, 2.05) is 0 Å². The lowest BCUT2D eigenvalue weighted by molar-refractivity contribution is 0.162. The molecule has 1 aromatic heterocycles. The third kappa shape index (κ3) is 4.14. The first-order valence-electron chi connectivity index (χ1n) is 11.2. The van der Waals surface area contributed by atoms with E-state index in [0.717, 1.165) is 18.5 Å². The monoisotopic (exact) mass is 371 g/mol. The molecule has 2 bridgehead atoms. The molecule has 150 valence electrons. The minimum atomic E-state index is 0.591. The summed E-state index contributed by atoms with van der Waals surface area (Å²) >= 11 is 0. The van der Waals surface area contributed by atoms with Gasteiger partial charge in [0.05, 0.1) is 0 Å². The molecule has 0 amide bonds. The standard InChI is InChI=1S/C22H37N5/c1-4-17(2)26-15-20-10-11-21(16-26)27(20)22-23-12-18(13-24-22)14-25(3)19-8-6-5-7-9-19/h12-13,17,19-21H,4-11,14-16H2,1-3H3. The largest absolute Gasteiger partial charge is 0.332 e. The van der Waals surface area contributed by atoms with Crippen molar-refractivity contribution in [1.29, 1.82) is 0 Å². The molecule has 4 rings (SSSR count). The molecule has 3 atom stereocenters. The molecule has 1 saturated carbocycles. The van der Waals surface area contributed by atoms with Crippen LogP contribution in [0.15, 0.2) is 12.4 Å². The highest BCUT2D eigenvalue weighted by Crippen LogP contribution is 2.34. The van der Waals surface area contributed by atoms with Gasteiger partial charge in [0.25, 0.3) is 0 Å². The van der Waals surface area contributed by atoms with Crippen molar-refractivity contribution in [3.8, 4) is 0 Å². The van der Waals surface area contributed by atoms with E-state index in [-0.39, 0.29) is 0 Å². The quantitative estimate of drug-likeness (QED) is 0.762. The van der Waals surface area contributed by atoms with E-state index in [2.05, 4.69) is 48.0 Å². The van der Waals surface area contributed by atoms with Crippen LogP contribution in [-0.2, 0) is 6.54 Å². The van der Waals surface area contributed by atoms with Gasteiger partial charge in [0.2, 0.25) is 5.95 Å². The predicted octanol–water partition coefficient (Wildman–Crippen LogP) is 3.69. The summed E-state index contributed by atoms with van der Waals surface area (Å²) in [4.78, 5) is 17.3. The molecule has 5 heteroatoms. The average Bonchev–Trinajstić information content (AvgIpc) is 2.97. The number of aromatic nitrogens is 2. The minimum absolute atomic E-state index is 0.591. The second kappa shape index (κ2) is 8.44. The van der Waals surface area contributed by atoms with Gasteiger partial charge in [-0.2, -0.15) is 0 Å². The Balaban J connectivity index is 1.38. The van der Waals surface area contributed by atoms with Crippen molar-refractivity contribution in [2.45, 2.75) is 95.9 Å². The zero-order chi connectivity index (χ0) is 18.8. The summed E-state index contributed by atoms with van der Waals surface area (Å²) < 4.78 is 0. The lowest BCUT2D eigenvalue weighted by atomic mass is 9.94. The van der Waals surface area contributed by atoms with Gasteiger partial charge in [0, 0.05) is 61.8 Å². The summed E-state index contributed by atoms with van der Waals surface area (Å²) in [6.45, 7) is 7.97. The van der Waals surface area contributed by atoms with Crippen LogP contribution in [0.4, 0.5) is 5.95 Å². The van der Waals surface area contributed by atoms with Crippen LogP contribution in [0.5, 0.6) is 0 Å². The van der Waals surface area contributed by atoms with Crippen LogP contribution < -0.4 is 4.90 Å². The van der Waals surface area contributed by atoms with Gasteiger partial charge in [-0.3, -0.25) is 9.80 Å². The highest BCUT2D eigenvalue weighted by atomic mass is 15.4. The first-order valence-corrected chi connectivity index (χ1v) is 11.2. The van der Waals surface area contributed by atoms with Crippen molar-refractivity contribution < 1.29 is 0 Å². The topological polar surface area (TPSA) is 35.5 Å². The molecule has 5 nitrogen and oxygen atoms in total. The molecule has 2 aliphatic heterocycles. The summed E-state index contributed by atoms with van der Waals surface area (Å²) in [5.74, 6) is 0.954. The Hall–Kier alpha value is -1.20. The summed E-state index contributed by atoms with van der Waals surface area (Å²) in [7, 11) is 2.26. The molecule has 3 aliphatic rings. The lowest BCUT2D eigenvalue weighted by Crippen LogP contribution is -2.56. The Morgan fingerprint density at radius 2 is 1.67 bits per heavy atom. The van der Waals surface area contributed by atoms with Crippen molar-refractivity contribution in [1.82, 2.24) is 19.8 Å². The maximum atomic E-state index is 4.80. The normalized spacial score (nSPS) is 28.1. The zero-order valence-electron chi connectivity index (χ0n) is 17.5. The summed E-state index contributed by atoms with van der Waals surface area (Å²) in [6.07, 6.45) is 14.8. The van der Waals surface area contributed by atoms with Crippen molar-refractivity contribution in [3.05, 3.63) is 18.0 Å². The Labute approximate surface area is 165 Å². The molecule has 1 aromatic rings. The SMILES string of the molecule is CCC(C)N1CC2CCC(C1)N2c1ncc(CN(C)C2CCCCC2)cn1. The molecule has 3 fully saturated rings. The Morgan fingerprint density at radius 3 is 2.26 bits per heavy atom. The van der Waals surface area contributed by atoms with Gasteiger partial charge in [0.15, 0.2) is 0 Å². The number of fused-ring (bicyclic) bond motifs is 2. The lowest BCUT2D eigenvalue weighted by Gasteiger charge is -2.43. The van der Waals surface area contributed by atoms with Crippen LogP contribution >= 0.6 is 0 Å². The molecule has 1 aliphatic carbocycles. The maximum Gasteiger partial charge on any atom is 0.225 e. The fraction of sp³-hybridized carbons (Fsp3) is 0.818. The van der Waals surface area contributed by atoms with Gasteiger partial charge in [-0.05, 0) is 46.1 Å². The number of rotatable bonds is 6. The minimum Gasteiger partial charge on any atom is -0.332 e. The summed E-state index contributed by atoms with van der Waals surface area (Å²) in [5.41, 5.74) is 1.25. The summed E-state index contributed by atoms with van der Waals surface area (Å²) in [6, 6.07) is 2.61. The summed E-state index contributed by atoms with van der Waals surface area (Å²) in [5, 5.41) is 0. The number of hydrogen-bond acceptors (Lipinski definition) is 5. The van der Waals surface area contributed by atoms with Gasteiger partial charge >= 0.3 is 0 Å². The number of anilines is 1. The Kier molecular flexibility index (Phi) is 5.98. The third-order valence-electron chi connectivity index (χ3n) is 7.28. The van der Waals surface area contributed by atoms with E-state index >= 15 is 0 Å². The van der Waals surface area contributed by atoms with Gasteiger partial charge in [0.1, 0.15) is 0 Å². The van der Waals surface area contributed by atoms with Crippen LogP contribution in [-0.4, -0.2) is 64.1 Å². The Bertz CT molecular complexity index is 583. The van der Waals surface area contributed by atoms with E-state index in [4.69, 9.17) is 9.97 Å². The number of hydrogen-bond donors (Lipinski definition) is 0. The van der Waals surface area contributed by atoms with Gasteiger partial charge in [-0.1, -0.05) is 26.2 Å². The van der Waals surface area contributed by atoms with E-state index in [1.165, 1.54) is 70.0 Å². The van der Waals surface area contributed by atoms with Crippen LogP contribution in [0.1, 0.15) is 70.8 Å². The Morgan fingerprint density at radius 1 is 1.04 bits per heavy atom. The van der Waals surface area contributed by atoms with E-state index in [9.17, 15) is 0 Å². The molecular formula is C22H37N5. The molecule has 0 N–H and O–H groups in total. The van der Waals surface area contributed by atoms with Gasteiger partial charge in [-0.15, -0.1) is 0 Å². The van der Waals surface area contributed by atoms with Crippen molar-refractivity contribution in [2.24, 2.45) is 0 Å². The van der Waals surface area contributed by atoms with Crippen LogP contribution in [0.25, 0.3) is 0 Å². The van der Waals surface area contributed by atoms with Crippen LogP contribution in [0, 0.1) is 0 Å². The van der Waals surface area contributed by atoms with Gasteiger partial charge in [-0.25, -0.2) is 9.97 Å². The molecule has 2 saturated heterocycles. The zero-order valence-corrected chi connectivity index (χ0v) is 17.5. The third-order valence-corrected chi connectivity index (χ3v) is 7.28. The smallest absolute Gasteiger partial charge is 0.225 e. The van der Waals surface area contributed by atoms with E-state index in [1.54, 1.807) is 0 Å². The number of nitrogens with zero attached hydrogens (tertiary/aromatic N) is 5. The second-order valence-corrected chi connectivity index (χ2v) is 9.10. The van der Waals surface area contributed by atoms with Crippen LogP contribution in [0.2, 0.25) is 0 Å². The fourth-order valence-corrected chi connectivity index (χ4v) is 5.38. The predicted molar refractivity (Wildman–Crippen MR) is 111 cm³/mol. The van der Waals surface area contributed by atoms with E-state index < -0.39 is 0 Å². The average molecular weight is 372 g/mol. The molecule has 0 aromatic carbocycles. The van der Waals surface area contributed by atoms with Crippen molar-refractivity contribution >= 4 is 5.95 Å². The van der Waals surface area contributed by atoms with Crippen molar-refractivity contribution in [3.63, 3.8) is 0 Å². The van der Waals surface area contributed by atoms with Crippen LogP contribution in [0.3, 0.4) is 0 Å². The molecule has 3 unspecified atom stereocenters. The van der Waals surface area contributed by atoms with Gasteiger partial charge < -0.3 is 4.90 Å². The number of likely N-dealkylation sites (tertiary alicyclic amines) is 1. The highest BCUT2D eigenvalue weighted by Gasteiger charge is 2.42. The highest BCUT2D eigenvalue weighted by molar-refractivity contribution is 5.37. The van der Waals surface area contributed by atoms with Crippen molar-refractivity contribution in [2.75, 3.05) is 25.0 Å². The first-order chi connectivity index (χ1) is 13.2.